The summed E-state index contributed by atoms with van der Waals surface area (Å²) in [5.41, 5.74) is 2.16. The zero-order chi connectivity index (χ0) is 19.3. The summed E-state index contributed by atoms with van der Waals surface area (Å²) in [6, 6.07) is 12.3. The summed E-state index contributed by atoms with van der Waals surface area (Å²) in [4.78, 5) is 11.6. The number of hydrogen-bond acceptors (Lipinski definition) is 5. The van der Waals surface area contributed by atoms with Crippen molar-refractivity contribution in [2.75, 3.05) is 0 Å². The highest BCUT2D eigenvalue weighted by Crippen LogP contribution is 2.32. The average Bonchev–Trinajstić information content (AvgIpc) is 3.25. The van der Waals surface area contributed by atoms with Crippen molar-refractivity contribution in [1.29, 1.82) is 0 Å². The van der Waals surface area contributed by atoms with Gasteiger partial charge in [-0.15, -0.1) is 16.4 Å². The van der Waals surface area contributed by atoms with Crippen LogP contribution in [0.25, 0.3) is 26.6 Å². The molecule has 0 aliphatic heterocycles. The Labute approximate surface area is 174 Å². The standard InChI is InChI=1S/C21H17BrN4OS/c1-3-17-12(2)28-21-19(17)20-24-18(25-26(20)11-23-21)10-27-16-7-5-13-8-15(22)6-4-14(13)9-16/h4-9,11H,3,10H2,1-2H3. The van der Waals surface area contributed by atoms with E-state index in [1.165, 1.54) is 15.8 Å². The van der Waals surface area contributed by atoms with Gasteiger partial charge in [0.2, 0.25) is 0 Å². The zero-order valence-electron chi connectivity index (χ0n) is 15.4. The van der Waals surface area contributed by atoms with E-state index in [9.17, 15) is 0 Å². The van der Waals surface area contributed by atoms with Crippen LogP contribution in [0.2, 0.25) is 0 Å². The molecule has 0 amide bonds. The van der Waals surface area contributed by atoms with E-state index in [0.717, 1.165) is 37.9 Å². The highest BCUT2D eigenvalue weighted by molar-refractivity contribution is 9.10. The molecule has 0 spiro atoms. The lowest BCUT2D eigenvalue weighted by molar-refractivity contribution is 0.296. The van der Waals surface area contributed by atoms with E-state index in [-0.39, 0.29) is 0 Å². The molecule has 0 saturated heterocycles. The molecule has 0 bridgehead atoms. The molecule has 0 N–H and O–H groups in total. The third kappa shape index (κ3) is 2.95. The topological polar surface area (TPSA) is 52.3 Å². The Morgan fingerprint density at radius 2 is 1.96 bits per heavy atom. The number of nitrogens with zero attached hydrogens (tertiary/aromatic N) is 4. The number of hydrogen-bond donors (Lipinski definition) is 0. The van der Waals surface area contributed by atoms with Gasteiger partial charge in [-0.1, -0.05) is 35.0 Å². The summed E-state index contributed by atoms with van der Waals surface area (Å²) in [7, 11) is 0. The van der Waals surface area contributed by atoms with Crippen molar-refractivity contribution in [1.82, 2.24) is 19.6 Å². The predicted molar refractivity (Wildman–Crippen MR) is 116 cm³/mol. The van der Waals surface area contributed by atoms with Gasteiger partial charge in [-0.2, -0.15) is 0 Å². The molecule has 0 aliphatic rings. The lowest BCUT2D eigenvalue weighted by atomic mass is 10.1. The van der Waals surface area contributed by atoms with Crippen molar-refractivity contribution in [3.63, 3.8) is 0 Å². The molecule has 5 nitrogen and oxygen atoms in total. The number of aromatic nitrogens is 4. The van der Waals surface area contributed by atoms with Crippen molar-refractivity contribution < 1.29 is 4.74 Å². The first-order chi connectivity index (χ1) is 13.6. The maximum atomic E-state index is 5.97. The van der Waals surface area contributed by atoms with Crippen LogP contribution in [-0.2, 0) is 13.0 Å². The molecule has 5 aromatic rings. The number of thiophene rings is 1. The van der Waals surface area contributed by atoms with Crippen LogP contribution in [-0.4, -0.2) is 19.6 Å². The first-order valence-corrected chi connectivity index (χ1v) is 10.7. The SMILES string of the molecule is CCc1c(C)sc2ncn3nc(COc4ccc5cc(Br)ccc5c4)nc3c12. The maximum absolute atomic E-state index is 5.97. The fourth-order valence-corrected chi connectivity index (χ4v) is 4.98. The molecule has 28 heavy (non-hydrogen) atoms. The molecule has 0 saturated carbocycles. The highest BCUT2D eigenvalue weighted by atomic mass is 79.9. The molecule has 3 aromatic heterocycles. The van der Waals surface area contributed by atoms with Gasteiger partial charge in [-0.25, -0.2) is 14.5 Å². The lowest BCUT2D eigenvalue weighted by Crippen LogP contribution is -1.98. The Kier molecular flexibility index (Phi) is 4.29. The van der Waals surface area contributed by atoms with Gasteiger partial charge in [0.05, 0.1) is 5.39 Å². The molecule has 5 rings (SSSR count). The quantitative estimate of drug-likeness (QED) is 0.350. The normalized spacial score (nSPS) is 11.7. The van der Waals surface area contributed by atoms with Gasteiger partial charge >= 0.3 is 0 Å². The van der Waals surface area contributed by atoms with Crippen molar-refractivity contribution in [2.24, 2.45) is 0 Å². The van der Waals surface area contributed by atoms with E-state index in [2.05, 4.69) is 58.1 Å². The number of rotatable bonds is 4. The van der Waals surface area contributed by atoms with Gasteiger partial charge in [-0.3, -0.25) is 0 Å². The zero-order valence-corrected chi connectivity index (χ0v) is 17.8. The van der Waals surface area contributed by atoms with Crippen molar-refractivity contribution >= 4 is 53.9 Å². The third-order valence-electron chi connectivity index (χ3n) is 4.87. The summed E-state index contributed by atoms with van der Waals surface area (Å²) in [5, 5.41) is 7.97. The minimum absolute atomic E-state index is 0.315. The largest absolute Gasteiger partial charge is 0.486 e. The molecule has 0 atom stereocenters. The number of benzene rings is 2. The lowest BCUT2D eigenvalue weighted by Gasteiger charge is -2.05. The van der Waals surface area contributed by atoms with E-state index < -0.39 is 0 Å². The number of halogens is 1. The van der Waals surface area contributed by atoms with Gasteiger partial charge < -0.3 is 4.74 Å². The maximum Gasteiger partial charge on any atom is 0.189 e. The monoisotopic (exact) mass is 452 g/mol. The van der Waals surface area contributed by atoms with Gasteiger partial charge in [-0.05, 0) is 53.9 Å². The Bertz CT molecular complexity index is 1340. The molecule has 7 heteroatoms. The van der Waals surface area contributed by atoms with Gasteiger partial charge in [0.25, 0.3) is 0 Å². The minimum Gasteiger partial charge on any atom is -0.486 e. The Morgan fingerprint density at radius 1 is 1.14 bits per heavy atom. The summed E-state index contributed by atoms with van der Waals surface area (Å²) < 4.78 is 8.79. The second-order valence-corrected chi connectivity index (χ2v) is 8.77. The van der Waals surface area contributed by atoms with E-state index in [4.69, 9.17) is 9.72 Å². The number of ether oxygens (including phenoxy) is 1. The number of fused-ring (bicyclic) bond motifs is 4. The Hall–Kier alpha value is -2.51. The molecule has 0 aliphatic carbocycles. The van der Waals surface area contributed by atoms with Crippen LogP contribution in [0.15, 0.2) is 47.2 Å². The molecule has 0 unspecified atom stereocenters. The summed E-state index contributed by atoms with van der Waals surface area (Å²) in [6.45, 7) is 4.62. The molecule has 0 fully saturated rings. The molecular weight excluding hydrogens is 436 g/mol. The fraction of sp³-hybridized carbons (Fsp3) is 0.190. The van der Waals surface area contributed by atoms with Gasteiger partial charge in [0.1, 0.15) is 23.5 Å². The molecule has 2 aromatic carbocycles. The van der Waals surface area contributed by atoms with Crippen LogP contribution in [0.3, 0.4) is 0 Å². The summed E-state index contributed by atoms with van der Waals surface area (Å²) >= 11 is 5.22. The second kappa shape index (κ2) is 6.83. The van der Waals surface area contributed by atoms with Crippen LogP contribution >= 0.6 is 27.3 Å². The van der Waals surface area contributed by atoms with Crippen molar-refractivity contribution in [3.8, 4) is 5.75 Å². The third-order valence-corrected chi connectivity index (χ3v) is 6.42. The van der Waals surface area contributed by atoms with Crippen LogP contribution in [0, 0.1) is 6.92 Å². The predicted octanol–water partition coefficient (Wildman–Crippen LogP) is 5.70. The molecular formula is C21H17BrN4OS. The van der Waals surface area contributed by atoms with Crippen LogP contribution in [0.1, 0.15) is 23.2 Å². The van der Waals surface area contributed by atoms with E-state index in [1.807, 2.05) is 18.2 Å². The molecule has 0 radical (unpaired) electrons. The smallest absolute Gasteiger partial charge is 0.189 e. The van der Waals surface area contributed by atoms with Crippen LogP contribution < -0.4 is 4.74 Å². The Balaban J connectivity index is 1.47. The Morgan fingerprint density at radius 3 is 2.82 bits per heavy atom. The summed E-state index contributed by atoms with van der Waals surface area (Å²) in [6.07, 6.45) is 2.69. The van der Waals surface area contributed by atoms with E-state index in [1.54, 1.807) is 22.2 Å². The van der Waals surface area contributed by atoms with Crippen molar-refractivity contribution in [3.05, 3.63) is 63.5 Å². The molecule has 3 heterocycles. The number of aryl methyl sites for hydroxylation is 2. The summed E-state index contributed by atoms with van der Waals surface area (Å²) in [5.74, 6) is 1.45. The van der Waals surface area contributed by atoms with E-state index >= 15 is 0 Å². The first kappa shape index (κ1) is 17.6. The van der Waals surface area contributed by atoms with Crippen LogP contribution in [0.4, 0.5) is 0 Å². The molecule has 140 valence electrons. The van der Waals surface area contributed by atoms with Crippen LogP contribution in [0.5, 0.6) is 5.75 Å². The van der Waals surface area contributed by atoms with E-state index in [0.29, 0.717) is 12.4 Å². The first-order valence-electron chi connectivity index (χ1n) is 9.06. The van der Waals surface area contributed by atoms with Crippen molar-refractivity contribution in [2.45, 2.75) is 26.9 Å². The average molecular weight is 453 g/mol. The van der Waals surface area contributed by atoms with Gasteiger partial charge in [0.15, 0.2) is 11.5 Å². The highest BCUT2D eigenvalue weighted by Gasteiger charge is 2.15. The second-order valence-electron chi connectivity index (χ2n) is 6.65. The fourth-order valence-electron chi connectivity index (χ4n) is 3.53. The van der Waals surface area contributed by atoms with Gasteiger partial charge in [0, 0.05) is 9.35 Å². The minimum atomic E-state index is 0.315.